The Morgan fingerprint density at radius 3 is 2.12 bits per heavy atom. The maximum Gasteiger partial charge on any atom is 0.123 e. The van der Waals surface area contributed by atoms with Crippen LogP contribution in [0.15, 0.2) is 54.6 Å². The molecule has 2 rings (SSSR count). The highest BCUT2D eigenvalue weighted by Crippen LogP contribution is 2.16. The minimum Gasteiger partial charge on any atom is -0.270 e. The van der Waals surface area contributed by atoms with Crippen LogP contribution in [0.4, 0.5) is 20.2 Å². The van der Waals surface area contributed by atoms with Crippen LogP contribution < -0.4 is 10.7 Å². The standard InChI is InChI=1S/C12H10F2N2/c13-10-6-8-11(9-7-10)15-16(14)12-4-2-1-3-5-12/h1-9,15H. The molecule has 0 aliphatic heterocycles. The van der Waals surface area contributed by atoms with Gasteiger partial charge >= 0.3 is 0 Å². The molecule has 0 atom stereocenters. The lowest BCUT2D eigenvalue weighted by Crippen LogP contribution is -2.19. The van der Waals surface area contributed by atoms with E-state index in [1.807, 2.05) is 0 Å². The van der Waals surface area contributed by atoms with Crippen molar-refractivity contribution >= 4 is 11.4 Å². The molecule has 0 spiro atoms. The zero-order chi connectivity index (χ0) is 11.4. The molecule has 0 fully saturated rings. The van der Waals surface area contributed by atoms with Crippen molar-refractivity contribution in [3.63, 3.8) is 0 Å². The minimum absolute atomic E-state index is 0.351. The van der Waals surface area contributed by atoms with Crippen molar-refractivity contribution in [2.45, 2.75) is 0 Å². The lowest BCUT2D eigenvalue weighted by Gasteiger charge is -2.15. The fourth-order valence-corrected chi connectivity index (χ4v) is 1.26. The summed E-state index contributed by atoms with van der Waals surface area (Å²) in [4.78, 5) is 0. The van der Waals surface area contributed by atoms with Gasteiger partial charge < -0.3 is 0 Å². The van der Waals surface area contributed by atoms with Gasteiger partial charge in [-0.15, -0.1) is 5.23 Å². The van der Waals surface area contributed by atoms with E-state index in [0.717, 1.165) is 0 Å². The predicted molar refractivity (Wildman–Crippen MR) is 60.1 cm³/mol. The highest BCUT2D eigenvalue weighted by molar-refractivity contribution is 5.52. The summed E-state index contributed by atoms with van der Waals surface area (Å²) in [5.74, 6) is -0.351. The first kappa shape index (κ1) is 10.4. The lowest BCUT2D eigenvalue weighted by molar-refractivity contribution is 0.472. The van der Waals surface area contributed by atoms with Gasteiger partial charge in [-0.1, -0.05) is 22.7 Å². The summed E-state index contributed by atoms with van der Waals surface area (Å²) in [6.45, 7) is 0. The molecule has 4 heteroatoms. The molecule has 0 bridgehead atoms. The number of benzene rings is 2. The molecule has 0 aliphatic rings. The number of rotatable bonds is 3. The number of hydrazine groups is 1. The molecule has 0 amide bonds. The van der Waals surface area contributed by atoms with E-state index in [4.69, 9.17) is 0 Å². The number of anilines is 2. The van der Waals surface area contributed by atoms with Crippen LogP contribution in [0.5, 0.6) is 0 Å². The molecule has 1 N–H and O–H groups in total. The zero-order valence-electron chi connectivity index (χ0n) is 8.40. The first-order valence-corrected chi connectivity index (χ1v) is 4.79. The van der Waals surface area contributed by atoms with E-state index in [0.29, 0.717) is 16.6 Å². The van der Waals surface area contributed by atoms with Crippen molar-refractivity contribution in [2.24, 2.45) is 0 Å². The van der Waals surface area contributed by atoms with Gasteiger partial charge in [0.1, 0.15) is 5.82 Å². The second-order valence-electron chi connectivity index (χ2n) is 3.24. The highest BCUT2D eigenvalue weighted by Gasteiger charge is 2.03. The van der Waals surface area contributed by atoms with E-state index < -0.39 is 0 Å². The highest BCUT2D eigenvalue weighted by atomic mass is 19.2. The van der Waals surface area contributed by atoms with Crippen LogP contribution in [-0.4, -0.2) is 0 Å². The molecular weight excluding hydrogens is 210 g/mol. The maximum absolute atomic E-state index is 13.5. The third-order valence-electron chi connectivity index (χ3n) is 2.05. The molecule has 0 heterocycles. The molecule has 0 aliphatic carbocycles. The number of halogens is 2. The van der Waals surface area contributed by atoms with Crippen LogP contribution in [-0.2, 0) is 0 Å². The van der Waals surface area contributed by atoms with Gasteiger partial charge in [-0.2, -0.15) is 0 Å². The van der Waals surface area contributed by atoms with Gasteiger partial charge in [0.15, 0.2) is 0 Å². The molecule has 0 saturated heterocycles. The van der Waals surface area contributed by atoms with Crippen molar-refractivity contribution < 1.29 is 8.87 Å². The van der Waals surface area contributed by atoms with Crippen molar-refractivity contribution in [3.8, 4) is 0 Å². The van der Waals surface area contributed by atoms with Crippen molar-refractivity contribution in [1.29, 1.82) is 0 Å². The average Bonchev–Trinajstić information content (AvgIpc) is 2.33. The molecule has 0 radical (unpaired) electrons. The van der Waals surface area contributed by atoms with E-state index in [1.165, 1.54) is 24.3 Å². The quantitative estimate of drug-likeness (QED) is 0.628. The van der Waals surface area contributed by atoms with E-state index in [-0.39, 0.29) is 5.82 Å². The largest absolute Gasteiger partial charge is 0.270 e. The van der Waals surface area contributed by atoms with Crippen LogP contribution >= 0.6 is 0 Å². The Balaban J connectivity index is 2.08. The van der Waals surface area contributed by atoms with Gasteiger partial charge in [-0.05, 0) is 36.4 Å². The Kier molecular flexibility index (Phi) is 3.00. The number of hydrogen-bond donors (Lipinski definition) is 1. The zero-order valence-corrected chi connectivity index (χ0v) is 8.40. The first-order valence-electron chi connectivity index (χ1n) is 4.79. The van der Waals surface area contributed by atoms with Crippen LogP contribution in [0, 0.1) is 5.82 Å². The van der Waals surface area contributed by atoms with Gasteiger partial charge in [0, 0.05) is 0 Å². The van der Waals surface area contributed by atoms with Crippen LogP contribution in [0.25, 0.3) is 0 Å². The molecule has 0 unspecified atom stereocenters. The second kappa shape index (κ2) is 4.61. The first-order chi connectivity index (χ1) is 7.75. The predicted octanol–water partition coefficient (Wildman–Crippen LogP) is 3.54. The molecule has 82 valence electrons. The minimum atomic E-state index is -0.351. The molecule has 2 nitrogen and oxygen atoms in total. The molecule has 2 aromatic carbocycles. The Hall–Kier alpha value is -2.10. The third kappa shape index (κ3) is 2.48. The van der Waals surface area contributed by atoms with Crippen molar-refractivity contribution in [1.82, 2.24) is 0 Å². The molecular formula is C12H10F2N2. The summed E-state index contributed by atoms with van der Waals surface area (Å²) in [6, 6.07) is 14.0. The number of nitrogens with one attached hydrogen (secondary N) is 1. The van der Waals surface area contributed by atoms with Crippen LogP contribution in [0.3, 0.4) is 0 Å². The van der Waals surface area contributed by atoms with Crippen LogP contribution in [0.2, 0.25) is 0 Å². The molecule has 2 aromatic rings. The van der Waals surface area contributed by atoms with E-state index in [2.05, 4.69) is 5.43 Å². The van der Waals surface area contributed by atoms with Crippen molar-refractivity contribution in [3.05, 3.63) is 60.4 Å². The summed E-state index contributed by atoms with van der Waals surface area (Å²) in [5.41, 5.74) is 3.35. The van der Waals surface area contributed by atoms with E-state index in [9.17, 15) is 8.87 Å². The topological polar surface area (TPSA) is 15.3 Å². The number of hydrogen-bond acceptors (Lipinski definition) is 2. The summed E-state index contributed by atoms with van der Waals surface area (Å²) >= 11 is 0. The van der Waals surface area contributed by atoms with Gasteiger partial charge in [0.2, 0.25) is 0 Å². The Morgan fingerprint density at radius 2 is 1.50 bits per heavy atom. The molecule has 0 saturated carbocycles. The van der Waals surface area contributed by atoms with E-state index in [1.54, 1.807) is 30.3 Å². The molecule has 0 aromatic heterocycles. The Bertz CT molecular complexity index is 442. The van der Waals surface area contributed by atoms with E-state index >= 15 is 0 Å². The summed E-state index contributed by atoms with van der Waals surface area (Å²) < 4.78 is 26.2. The Labute approximate surface area is 92.0 Å². The third-order valence-corrected chi connectivity index (χ3v) is 2.05. The summed E-state index contributed by atoms with van der Waals surface area (Å²) in [7, 11) is 0. The fourth-order valence-electron chi connectivity index (χ4n) is 1.26. The van der Waals surface area contributed by atoms with Gasteiger partial charge in [0.25, 0.3) is 0 Å². The number of para-hydroxylation sites is 1. The van der Waals surface area contributed by atoms with Gasteiger partial charge in [-0.25, -0.2) is 4.39 Å². The Morgan fingerprint density at radius 1 is 0.875 bits per heavy atom. The van der Waals surface area contributed by atoms with Crippen molar-refractivity contribution in [2.75, 3.05) is 10.7 Å². The lowest BCUT2D eigenvalue weighted by atomic mass is 10.3. The average molecular weight is 220 g/mol. The van der Waals surface area contributed by atoms with Crippen LogP contribution in [0.1, 0.15) is 0 Å². The monoisotopic (exact) mass is 220 g/mol. The van der Waals surface area contributed by atoms with Gasteiger partial charge in [-0.3, -0.25) is 5.43 Å². The maximum atomic E-state index is 13.5. The second-order valence-corrected chi connectivity index (χ2v) is 3.24. The summed E-state index contributed by atoms with van der Waals surface area (Å²) in [5, 5.41) is 0.382. The normalized spacial score (nSPS) is 9.88. The molecule has 16 heavy (non-hydrogen) atoms. The van der Waals surface area contributed by atoms with Gasteiger partial charge in [0.05, 0.1) is 11.4 Å². The smallest absolute Gasteiger partial charge is 0.123 e. The SMILES string of the molecule is Fc1ccc(NN(F)c2ccccc2)cc1. The summed E-state index contributed by atoms with van der Waals surface area (Å²) in [6.07, 6.45) is 0. The number of nitrogens with zero attached hydrogens (tertiary/aromatic N) is 1. The fraction of sp³-hybridized carbons (Fsp3) is 0.